The number of morpholine rings is 1. The van der Waals surface area contributed by atoms with Crippen LogP contribution in [0.25, 0.3) is 0 Å². The summed E-state index contributed by atoms with van der Waals surface area (Å²) in [5, 5.41) is 8.95. The lowest BCUT2D eigenvalue weighted by Crippen LogP contribution is -2.52. The molecule has 2 atom stereocenters. The highest BCUT2D eigenvalue weighted by Crippen LogP contribution is 2.23. The standard InChI is InChI=1S/C10H18F3NO4S/c1-8-7-18-9(6-15)5-14(8)19(16,17)4-2-3-10(11,12)13/h8-9,15H,2-7H2,1H3. The van der Waals surface area contributed by atoms with Crippen molar-refractivity contribution in [3.05, 3.63) is 0 Å². The number of ether oxygens (including phenoxy) is 1. The molecule has 19 heavy (non-hydrogen) atoms. The summed E-state index contributed by atoms with van der Waals surface area (Å²) in [6.07, 6.45) is -6.54. The lowest BCUT2D eigenvalue weighted by atomic mass is 10.2. The first-order chi connectivity index (χ1) is 8.65. The molecule has 1 rings (SSSR count). The van der Waals surface area contributed by atoms with Crippen LogP contribution in [0.3, 0.4) is 0 Å². The van der Waals surface area contributed by atoms with Crippen LogP contribution < -0.4 is 0 Å². The molecule has 0 bridgehead atoms. The molecule has 0 radical (unpaired) electrons. The minimum Gasteiger partial charge on any atom is -0.394 e. The number of halogens is 3. The van der Waals surface area contributed by atoms with E-state index in [4.69, 9.17) is 9.84 Å². The van der Waals surface area contributed by atoms with Gasteiger partial charge in [0.05, 0.1) is 25.1 Å². The molecule has 0 aliphatic carbocycles. The summed E-state index contributed by atoms with van der Waals surface area (Å²) in [5.74, 6) is -0.547. The normalized spacial score (nSPS) is 26.6. The number of nitrogens with zero attached hydrogens (tertiary/aromatic N) is 1. The van der Waals surface area contributed by atoms with E-state index in [1.165, 1.54) is 0 Å². The Morgan fingerprint density at radius 2 is 2.05 bits per heavy atom. The summed E-state index contributed by atoms with van der Waals surface area (Å²) in [6.45, 7) is 1.41. The molecule has 0 amide bonds. The first-order valence-corrected chi connectivity index (χ1v) is 7.55. The smallest absolute Gasteiger partial charge is 0.389 e. The van der Waals surface area contributed by atoms with Gasteiger partial charge in [-0.1, -0.05) is 0 Å². The Labute approximate surface area is 110 Å². The Morgan fingerprint density at radius 1 is 1.42 bits per heavy atom. The number of rotatable bonds is 5. The minimum absolute atomic E-state index is 0.0218. The van der Waals surface area contributed by atoms with Gasteiger partial charge in [0.2, 0.25) is 10.0 Å². The largest absolute Gasteiger partial charge is 0.394 e. The Bertz CT molecular complexity index is 385. The van der Waals surface area contributed by atoms with Crippen LogP contribution in [-0.2, 0) is 14.8 Å². The zero-order valence-electron chi connectivity index (χ0n) is 10.6. The van der Waals surface area contributed by atoms with Gasteiger partial charge >= 0.3 is 6.18 Å². The SMILES string of the molecule is CC1COC(CO)CN1S(=O)(=O)CCCC(F)(F)F. The van der Waals surface area contributed by atoms with E-state index < -0.39 is 46.9 Å². The molecule has 1 aliphatic heterocycles. The number of aliphatic hydroxyl groups excluding tert-OH is 1. The Kier molecular flexibility index (Phi) is 5.60. The lowest BCUT2D eigenvalue weighted by molar-refractivity contribution is -0.134. The van der Waals surface area contributed by atoms with Gasteiger partial charge in [-0.05, 0) is 13.3 Å². The van der Waals surface area contributed by atoms with Crippen LogP contribution in [0.15, 0.2) is 0 Å². The summed E-state index contributed by atoms with van der Waals surface area (Å²) >= 11 is 0. The van der Waals surface area contributed by atoms with Crippen molar-refractivity contribution in [1.29, 1.82) is 0 Å². The van der Waals surface area contributed by atoms with E-state index in [9.17, 15) is 21.6 Å². The fourth-order valence-corrected chi connectivity index (χ4v) is 3.61. The fourth-order valence-electron chi connectivity index (χ4n) is 1.86. The van der Waals surface area contributed by atoms with E-state index in [-0.39, 0.29) is 19.8 Å². The van der Waals surface area contributed by atoms with E-state index in [0.717, 1.165) is 4.31 Å². The molecule has 1 saturated heterocycles. The molecular formula is C10H18F3NO4S. The van der Waals surface area contributed by atoms with Gasteiger partial charge in [-0.3, -0.25) is 0 Å². The maximum Gasteiger partial charge on any atom is 0.389 e. The van der Waals surface area contributed by atoms with Crippen molar-refractivity contribution in [1.82, 2.24) is 4.31 Å². The summed E-state index contributed by atoms with van der Waals surface area (Å²) in [7, 11) is -3.76. The summed E-state index contributed by atoms with van der Waals surface area (Å²) in [4.78, 5) is 0. The fraction of sp³-hybridized carbons (Fsp3) is 1.00. The van der Waals surface area contributed by atoms with Crippen molar-refractivity contribution in [2.45, 2.75) is 38.1 Å². The van der Waals surface area contributed by atoms with Crippen molar-refractivity contribution in [3.8, 4) is 0 Å². The van der Waals surface area contributed by atoms with Gasteiger partial charge in [0.1, 0.15) is 0 Å². The summed E-state index contributed by atoms with van der Waals surface area (Å²) in [6, 6.07) is -0.432. The average Bonchev–Trinajstić information content (AvgIpc) is 2.27. The molecule has 0 spiro atoms. The quantitative estimate of drug-likeness (QED) is 0.813. The summed E-state index contributed by atoms with van der Waals surface area (Å²) < 4.78 is 66.3. The number of sulfonamides is 1. The summed E-state index contributed by atoms with van der Waals surface area (Å²) in [5.41, 5.74) is 0. The van der Waals surface area contributed by atoms with Gasteiger partial charge in [0.25, 0.3) is 0 Å². The molecule has 1 heterocycles. The molecule has 1 aliphatic rings. The van der Waals surface area contributed by atoms with E-state index in [2.05, 4.69) is 0 Å². The van der Waals surface area contributed by atoms with Gasteiger partial charge in [-0.15, -0.1) is 0 Å². The van der Waals surface area contributed by atoms with E-state index in [0.29, 0.717) is 0 Å². The minimum atomic E-state index is -4.35. The van der Waals surface area contributed by atoms with Crippen molar-refractivity contribution in [2.24, 2.45) is 0 Å². The van der Waals surface area contributed by atoms with Gasteiger partial charge in [-0.25, -0.2) is 8.42 Å². The third-order valence-corrected chi connectivity index (χ3v) is 4.90. The molecule has 2 unspecified atom stereocenters. The first kappa shape index (κ1) is 16.7. The number of aliphatic hydroxyl groups is 1. The van der Waals surface area contributed by atoms with E-state index >= 15 is 0 Å². The topological polar surface area (TPSA) is 66.8 Å². The Hall–Kier alpha value is -0.380. The molecule has 0 aromatic carbocycles. The molecule has 0 saturated carbocycles. The zero-order chi connectivity index (χ0) is 14.7. The molecule has 1 fully saturated rings. The predicted octanol–water partition coefficient (Wildman–Crippen LogP) is 0.740. The number of alkyl halides is 3. The van der Waals surface area contributed by atoms with Crippen LogP contribution in [0.5, 0.6) is 0 Å². The van der Waals surface area contributed by atoms with Gasteiger partial charge < -0.3 is 9.84 Å². The second-order valence-corrected chi connectivity index (χ2v) is 6.63. The molecule has 5 nitrogen and oxygen atoms in total. The van der Waals surface area contributed by atoms with Gasteiger partial charge in [0, 0.05) is 19.0 Å². The lowest BCUT2D eigenvalue weighted by Gasteiger charge is -2.36. The molecular weight excluding hydrogens is 287 g/mol. The third-order valence-electron chi connectivity index (χ3n) is 2.87. The highest BCUT2D eigenvalue weighted by atomic mass is 32.2. The maximum atomic E-state index is 12.0. The van der Waals surface area contributed by atoms with E-state index in [1.54, 1.807) is 6.92 Å². The first-order valence-electron chi connectivity index (χ1n) is 5.94. The van der Waals surface area contributed by atoms with Crippen molar-refractivity contribution >= 4 is 10.0 Å². The van der Waals surface area contributed by atoms with Gasteiger partial charge in [-0.2, -0.15) is 17.5 Å². The molecule has 0 aromatic rings. The molecule has 114 valence electrons. The maximum absolute atomic E-state index is 12.0. The Morgan fingerprint density at radius 3 is 2.58 bits per heavy atom. The van der Waals surface area contributed by atoms with E-state index in [1.807, 2.05) is 0 Å². The highest BCUT2D eigenvalue weighted by Gasteiger charge is 2.35. The van der Waals surface area contributed by atoms with Crippen LogP contribution in [-0.4, -0.2) is 61.7 Å². The second kappa shape index (κ2) is 6.38. The van der Waals surface area contributed by atoms with Crippen LogP contribution >= 0.6 is 0 Å². The monoisotopic (exact) mass is 305 g/mol. The molecule has 1 N–H and O–H groups in total. The average molecular weight is 305 g/mol. The van der Waals surface area contributed by atoms with Crippen LogP contribution in [0, 0.1) is 0 Å². The second-order valence-electron chi connectivity index (χ2n) is 4.59. The third kappa shape index (κ3) is 5.25. The molecule has 0 aromatic heterocycles. The van der Waals surface area contributed by atoms with Crippen molar-refractivity contribution < 1.29 is 31.4 Å². The zero-order valence-corrected chi connectivity index (χ0v) is 11.4. The van der Waals surface area contributed by atoms with Crippen LogP contribution in [0.4, 0.5) is 13.2 Å². The van der Waals surface area contributed by atoms with Crippen LogP contribution in [0.2, 0.25) is 0 Å². The van der Waals surface area contributed by atoms with Crippen molar-refractivity contribution in [3.63, 3.8) is 0 Å². The highest BCUT2D eigenvalue weighted by molar-refractivity contribution is 7.89. The number of hydrogen-bond acceptors (Lipinski definition) is 4. The molecule has 9 heteroatoms. The number of hydrogen-bond donors (Lipinski definition) is 1. The Balaban J connectivity index is 2.59. The predicted molar refractivity (Wildman–Crippen MR) is 62.1 cm³/mol. The van der Waals surface area contributed by atoms with Crippen LogP contribution in [0.1, 0.15) is 19.8 Å². The van der Waals surface area contributed by atoms with Gasteiger partial charge in [0.15, 0.2) is 0 Å². The van der Waals surface area contributed by atoms with Crippen molar-refractivity contribution in [2.75, 3.05) is 25.5 Å².